The average molecular weight is 345 g/mol. The van der Waals surface area contributed by atoms with Crippen LogP contribution in [0.25, 0.3) is 10.9 Å². The quantitative estimate of drug-likeness (QED) is 0.720. The summed E-state index contributed by atoms with van der Waals surface area (Å²) in [5.74, 6) is 0.707. The molecular formula is C19H29N4O2+. The van der Waals surface area contributed by atoms with Gasteiger partial charge in [0, 0.05) is 19.5 Å². The minimum atomic E-state index is -0.0689. The van der Waals surface area contributed by atoms with Crippen LogP contribution in [0.5, 0.6) is 0 Å². The highest BCUT2D eigenvalue weighted by Gasteiger charge is 2.19. The van der Waals surface area contributed by atoms with Gasteiger partial charge in [-0.15, -0.1) is 0 Å². The van der Waals surface area contributed by atoms with Crippen molar-refractivity contribution in [3.63, 3.8) is 0 Å². The van der Waals surface area contributed by atoms with Gasteiger partial charge < -0.3 is 10.6 Å². The molecule has 1 atom stereocenters. The molecule has 0 saturated heterocycles. The first-order valence-electron chi connectivity index (χ1n) is 9.18. The van der Waals surface area contributed by atoms with E-state index in [1.165, 1.54) is 0 Å². The first kappa shape index (κ1) is 19.1. The Bertz CT molecular complexity index is 770. The molecule has 0 saturated carbocycles. The van der Waals surface area contributed by atoms with Gasteiger partial charge in [0.15, 0.2) is 5.82 Å². The summed E-state index contributed by atoms with van der Waals surface area (Å²) in [6.45, 7) is 8.19. The lowest BCUT2D eigenvalue weighted by Gasteiger charge is -2.17. The Balaban J connectivity index is 2.35. The number of carbonyl (C=O) groups is 1. The normalized spacial score (nSPS) is 12.3. The maximum absolute atomic E-state index is 12.9. The number of carbonyl (C=O) groups excluding carboxylic acids is 1. The topological polar surface area (TPSA) is 80.6 Å². The van der Waals surface area contributed by atoms with E-state index in [-0.39, 0.29) is 23.9 Å². The number of para-hydroxylation sites is 1. The smallest absolute Gasteiger partial charge is 0.261 e. The van der Waals surface area contributed by atoms with Crippen molar-refractivity contribution in [2.75, 3.05) is 13.1 Å². The number of quaternary nitrogens is 1. The van der Waals surface area contributed by atoms with Crippen LogP contribution in [0.2, 0.25) is 0 Å². The highest BCUT2D eigenvalue weighted by atomic mass is 16.1. The van der Waals surface area contributed by atoms with Gasteiger partial charge in [0.05, 0.1) is 17.4 Å². The van der Waals surface area contributed by atoms with Crippen LogP contribution in [-0.4, -0.2) is 28.5 Å². The van der Waals surface area contributed by atoms with E-state index in [0.29, 0.717) is 24.0 Å². The number of rotatable bonds is 9. The van der Waals surface area contributed by atoms with Crippen LogP contribution in [0.3, 0.4) is 0 Å². The average Bonchev–Trinajstić information content (AvgIpc) is 2.63. The van der Waals surface area contributed by atoms with Crippen molar-refractivity contribution in [1.29, 1.82) is 0 Å². The highest BCUT2D eigenvalue weighted by molar-refractivity contribution is 5.78. The molecule has 0 aliphatic rings. The van der Waals surface area contributed by atoms with Crippen molar-refractivity contribution >= 4 is 16.8 Å². The minimum Gasteiger partial charge on any atom is -0.356 e. The van der Waals surface area contributed by atoms with Gasteiger partial charge in [0.25, 0.3) is 5.56 Å². The van der Waals surface area contributed by atoms with Crippen molar-refractivity contribution in [3.8, 4) is 0 Å². The Kier molecular flexibility index (Phi) is 7.13. The summed E-state index contributed by atoms with van der Waals surface area (Å²) in [5.41, 5.74) is 0.645. The number of fused-ring (bicyclic) bond motifs is 1. The van der Waals surface area contributed by atoms with Crippen LogP contribution in [0.1, 0.15) is 51.9 Å². The number of nitrogens with zero attached hydrogens (tertiary/aromatic N) is 2. The number of nitrogens with one attached hydrogen (secondary N) is 1. The maximum Gasteiger partial charge on any atom is 0.261 e. The van der Waals surface area contributed by atoms with Gasteiger partial charge in [-0.2, -0.15) is 0 Å². The molecule has 6 nitrogen and oxygen atoms in total. The van der Waals surface area contributed by atoms with E-state index in [9.17, 15) is 9.59 Å². The largest absolute Gasteiger partial charge is 0.356 e. The predicted molar refractivity (Wildman–Crippen MR) is 99.4 cm³/mol. The lowest BCUT2D eigenvalue weighted by molar-refractivity contribution is -0.694. The number of hydrogen-bond acceptors (Lipinski definition) is 3. The Morgan fingerprint density at radius 1 is 1.28 bits per heavy atom. The Morgan fingerprint density at radius 3 is 2.76 bits per heavy atom. The second kappa shape index (κ2) is 9.32. The van der Waals surface area contributed by atoms with Gasteiger partial charge in [-0.3, -0.25) is 14.2 Å². The van der Waals surface area contributed by atoms with Crippen LogP contribution in [-0.2, 0) is 11.3 Å². The zero-order chi connectivity index (χ0) is 18.2. The Labute approximate surface area is 148 Å². The lowest BCUT2D eigenvalue weighted by Crippen LogP contribution is -2.85. The van der Waals surface area contributed by atoms with Crippen LogP contribution >= 0.6 is 0 Å². The molecule has 0 fully saturated rings. The van der Waals surface area contributed by atoms with Crippen LogP contribution in [0.4, 0.5) is 0 Å². The molecule has 6 heteroatoms. The number of aromatic nitrogens is 2. The molecule has 1 aromatic heterocycles. The first-order chi connectivity index (χ1) is 12.1. The van der Waals surface area contributed by atoms with Crippen molar-refractivity contribution in [1.82, 2.24) is 14.9 Å². The summed E-state index contributed by atoms with van der Waals surface area (Å²) >= 11 is 0. The van der Waals surface area contributed by atoms with E-state index in [1.54, 1.807) is 10.6 Å². The van der Waals surface area contributed by atoms with Crippen LogP contribution < -0.4 is 16.2 Å². The summed E-state index contributed by atoms with van der Waals surface area (Å²) in [5, 5.41) is 5.64. The van der Waals surface area contributed by atoms with Crippen LogP contribution in [0, 0.1) is 0 Å². The fourth-order valence-corrected chi connectivity index (χ4v) is 2.84. The molecule has 0 unspecified atom stereocenters. The van der Waals surface area contributed by atoms with E-state index in [0.717, 1.165) is 25.2 Å². The minimum absolute atomic E-state index is 0.0296. The first-order valence-corrected chi connectivity index (χ1v) is 9.18. The molecule has 0 aliphatic heterocycles. The second-order valence-electron chi connectivity index (χ2n) is 6.36. The summed E-state index contributed by atoms with van der Waals surface area (Å²) in [6.07, 6.45) is 2.24. The third-order valence-corrected chi connectivity index (χ3v) is 4.24. The Morgan fingerprint density at radius 2 is 2.04 bits per heavy atom. The summed E-state index contributed by atoms with van der Waals surface area (Å²) in [6, 6.07) is 7.46. The summed E-state index contributed by atoms with van der Waals surface area (Å²) < 4.78 is 1.67. The number of nitrogens with two attached hydrogens (primary N) is 1. The molecule has 0 aliphatic carbocycles. The molecule has 2 rings (SSSR count). The van der Waals surface area contributed by atoms with Gasteiger partial charge in [-0.1, -0.05) is 26.0 Å². The van der Waals surface area contributed by atoms with E-state index in [2.05, 4.69) is 24.5 Å². The number of benzene rings is 1. The van der Waals surface area contributed by atoms with Crippen LogP contribution in [0.15, 0.2) is 29.1 Å². The monoisotopic (exact) mass is 345 g/mol. The van der Waals surface area contributed by atoms with Crippen molar-refractivity contribution in [2.45, 2.75) is 52.6 Å². The molecule has 1 heterocycles. The summed E-state index contributed by atoms with van der Waals surface area (Å²) in [7, 11) is 0. The second-order valence-corrected chi connectivity index (χ2v) is 6.36. The SMILES string of the molecule is CCCNC(=O)CCn1c([C@@H](C)[NH2+]CCC)nc2ccccc2c1=O. The molecule has 0 radical (unpaired) electrons. The Hall–Kier alpha value is -2.21. The molecule has 0 bridgehead atoms. The van der Waals surface area contributed by atoms with Gasteiger partial charge >= 0.3 is 0 Å². The third kappa shape index (κ3) is 4.89. The molecule has 0 spiro atoms. The fourth-order valence-electron chi connectivity index (χ4n) is 2.84. The predicted octanol–water partition coefficient (Wildman–Crippen LogP) is 1.35. The van der Waals surface area contributed by atoms with Gasteiger partial charge in [0.2, 0.25) is 5.91 Å². The summed E-state index contributed by atoms with van der Waals surface area (Å²) in [4.78, 5) is 29.6. The molecule has 3 N–H and O–H groups in total. The molecular weight excluding hydrogens is 316 g/mol. The molecule has 1 amide bonds. The van der Waals surface area contributed by atoms with Crippen molar-refractivity contribution in [2.24, 2.45) is 0 Å². The lowest BCUT2D eigenvalue weighted by atomic mass is 10.2. The maximum atomic E-state index is 12.9. The zero-order valence-corrected chi connectivity index (χ0v) is 15.4. The van der Waals surface area contributed by atoms with Gasteiger partial charge in [-0.05, 0) is 31.9 Å². The van der Waals surface area contributed by atoms with E-state index in [1.807, 2.05) is 25.1 Å². The third-order valence-electron chi connectivity index (χ3n) is 4.24. The standard InChI is InChI=1S/C19H28N4O2/c1-4-11-20-14(3)18-22-16-9-7-6-8-15(16)19(25)23(18)13-10-17(24)21-12-5-2/h6-9,14,20H,4-5,10-13H2,1-3H3,(H,21,24)/p+1/t14-/m1/s1. The molecule has 136 valence electrons. The van der Waals surface area contributed by atoms with Gasteiger partial charge in [0.1, 0.15) is 6.04 Å². The van der Waals surface area contributed by atoms with Gasteiger partial charge in [-0.25, -0.2) is 4.98 Å². The van der Waals surface area contributed by atoms with Crippen molar-refractivity contribution < 1.29 is 10.1 Å². The molecule has 25 heavy (non-hydrogen) atoms. The number of amides is 1. The van der Waals surface area contributed by atoms with Crippen molar-refractivity contribution in [3.05, 3.63) is 40.4 Å². The van der Waals surface area contributed by atoms with E-state index >= 15 is 0 Å². The fraction of sp³-hybridized carbons (Fsp3) is 0.526. The number of hydrogen-bond donors (Lipinski definition) is 2. The highest BCUT2D eigenvalue weighted by Crippen LogP contribution is 2.12. The van der Waals surface area contributed by atoms with E-state index < -0.39 is 0 Å². The zero-order valence-electron chi connectivity index (χ0n) is 15.4. The molecule has 2 aromatic rings. The van der Waals surface area contributed by atoms with E-state index in [4.69, 9.17) is 4.98 Å². The molecule has 1 aromatic carbocycles.